The summed E-state index contributed by atoms with van der Waals surface area (Å²) >= 11 is 3.52. The summed E-state index contributed by atoms with van der Waals surface area (Å²) in [5, 5.41) is 9.44. The van der Waals surface area contributed by atoms with Gasteiger partial charge in [0.15, 0.2) is 0 Å². The fourth-order valence-electron chi connectivity index (χ4n) is 1.74. The highest BCUT2D eigenvalue weighted by Gasteiger charge is 2.28. The highest BCUT2D eigenvalue weighted by molar-refractivity contribution is 9.10. The molecular formula is C11H13BrO. The van der Waals surface area contributed by atoms with Crippen LogP contribution in [0.3, 0.4) is 0 Å². The van der Waals surface area contributed by atoms with E-state index >= 15 is 0 Å². The fraction of sp³-hybridized carbons (Fsp3) is 0.455. The van der Waals surface area contributed by atoms with Crippen molar-refractivity contribution in [3.8, 4) is 0 Å². The second-order valence-electron chi connectivity index (χ2n) is 3.70. The van der Waals surface area contributed by atoms with Gasteiger partial charge in [0.05, 0.1) is 6.10 Å². The maximum atomic E-state index is 9.44. The van der Waals surface area contributed by atoms with Crippen molar-refractivity contribution in [1.82, 2.24) is 0 Å². The van der Waals surface area contributed by atoms with Gasteiger partial charge in [0.25, 0.3) is 0 Å². The van der Waals surface area contributed by atoms with Crippen LogP contribution in [0.2, 0.25) is 0 Å². The minimum atomic E-state index is -0.0629. The van der Waals surface area contributed by atoms with Gasteiger partial charge >= 0.3 is 0 Å². The van der Waals surface area contributed by atoms with E-state index in [0.717, 1.165) is 17.3 Å². The van der Waals surface area contributed by atoms with Crippen LogP contribution in [0.15, 0.2) is 28.7 Å². The Labute approximate surface area is 86.9 Å². The molecule has 1 N–H and O–H groups in total. The van der Waals surface area contributed by atoms with Gasteiger partial charge in [0.1, 0.15) is 0 Å². The maximum Gasteiger partial charge on any atom is 0.0571 e. The third-order valence-electron chi connectivity index (χ3n) is 2.82. The second-order valence-corrected chi connectivity index (χ2v) is 4.55. The van der Waals surface area contributed by atoms with Gasteiger partial charge in [-0.25, -0.2) is 0 Å². The van der Waals surface area contributed by atoms with Gasteiger partial charge in [-0.2, -0.15) is 0 Å². The Balaban J connectivity index is 2.05. The normalized spacial score (nSPS) is 26.9. The first kappa shape index (κ1) is 9.22. The smallest absolute Gasteiger partial charge is 0.0571 e. The van der Waals surface area contributed by atoms with Crippen molar-refractivity contribution < 1.29 is 5.11 Å². The molecule has 0 saturated heterocycles. The van der Waals surface area contributed by atoms with E-state index in [1.807, 2.05) is 12.1 Å². The summed E-state index contributed by atoms with van der Waals surface area (Å²) in [6.07, 6.45) is 3.09. The van der Waals surface area contributed by atoms with Crippen LogP contribution in [0.4, 0.5) is 0 Å². The summed E-state index contributed by atoms with van der Waals surface area (Å²) in [6, 6.07) is 8.24. The van der Waals surface area contributed by atoms with Crippen LogP contribution in [0.5, 0.6) is 0 Å². The molecule has 1 nitrogen and oxygen atoms in total. The summed E-state index contributed by atoms with van der Waals surface area (Å²) in [5.41, 5.74) is 1.31. The number of halogens is 1. The number of aliphatic hydroxyl groups is 1. The number of aliphatic hydroxyl groups excluding tert-OH is 1. The Morgan fingerprint density at radius 2 is 2.08 bits per heavy atom. The van der Waals surface area contributed by atoms with E-state index in [0.29, 0.717) is 5.92 Å². The molecule has 1 aromatic rings. The summed E-state index contributed by atoms with van der Waals surface area (Å²) in [6.45, 7) is 0. The highest BCUT2D eigenvalue weighted by atomic mass is 79.9. The molecular weight excluding hydrogens is 228 g/mol. The van der Waals surface area contributed by atoms with Crippen LogP contribution >= 0.6 is 15.9 Å². The first-order chi connectivity index (χ1) is 6.27. The Kier molecular flexibility index (Phi) is 2.70. The van der Waals surface area contributed by atoms with Crippen LogP contribution in [-0.2, 0) is 6.42 Å². The summed E-state index contributed by atoms with van der Waals surface area (Å²) in [4.78, 5) is 0. The number of rotatable bonds is 2. The Bertz CT molecular complexity index is 298. The minimum absolute atomic E-state index is 0.0629. The molecule has 1 aliphatic rings. The van der Waals surface area contributed by atoms with E-state index in [4.69, 9.17) is 0 Å². The van der Waals surface area contributed by atoms with Crippen molar-refractivity contribution in [1.29, 1.82) is 0 Å². The zero-order chi connectivity index (χ0) is 9.26. The lowest BCUT2D eigenvalue weighted by Gasteiger charge is -2.32. The van der Waals surface area contributed by atoms with Gasteiger partial charge in [-0.3, -0.25) is 0 Å². The quantitative estimate of drug-likeness (QED) is 0.844. The third-order valence-corrected chi connectivity index (χ3v) is 3.59. The Morgan fingerprint density at radius 1 is 1.31 bits per heavy atom. The van der Waals surface area contributed by atoms with Crippen molar-refractivity contribution in [3.63, 3.8) is 0 Å². The van der Waals surface area contributed by atoms with Crippen LogP contribution in [0.1, 0.15) is 18.4 Å². The molecule has 0 aromatic heterocycles. The van der Waals surface area contributed by atoms with Crippen LogP contribution in [0, 0.1) is 5.92 Å². The zero-order valence-electron chi connectivity index (χ0n) is 7.41. The van der Waals surface area contributed by atoms with Crippen molar-refractivity contribution in [2.45, 2.75) is 25.4 Å². The molecule has 0 radical (unpaired) electrons. The molecule has 1 fully saturated rings. The topological polar surface area (TPSA) is 20.2 Å². The molecule has 13 heavy (non-hydrogen) atoms. The molecule has 1 aliphatic carbocycles. The van der Waals surface area contributed by atoms with Crippen LogP contribution < -0.4 is 0 Å². The SMILES string of the molecule is OC1CCC1Cc1ccccc1Br. The molecule has 0 aliphatic heterocycles. The molecule has 1 aromatic carbocycles. The van der Waals surface area contributed by atoms with Crippen molar-refractivity contribution in [2.24, 2.45) is 5.92 Å². The van der Waals surface area contributed by atoms with Gasteiger partial charge < -0.3 is 5.11 Å². The molecule has 0 bridgehead atoms. The summed E-state index contributed by atoms with van der Waals surface area (Å²) in [7, 11) is 0. The average Bonchev–Trinajstić information content (AvgIpc) is 2.14. The molecule has 2 atom stereocenters. The second kappa shape index (κ2) is 3.81. The minimum Gasteiger partial charge on any atom is -0.393 e. The van der Waals surface area contributed by atoms with E-state index in [1.54, 1.807) is 0 Å². The molecule has 0 spiro atoms. The maximum absolute atomic E-state index is 9.44. The van der Waals surface area contributed by atoms with Crippen molar-refractivity contribution >= 4 is 15.9 Å². The van der Waals surface area contributed by atoms with Crippen LogP contribution in [0.25, 0.3) is 0 Å². The fourth-order valence-corrected chi connectivity index (χ4v) is 2.18. The molecule has 70 valence electrons. The van der Waals surface area contributed by atoms with E-state index in [9.17, 15) is 5.11 Å². The monoisotopic (exact) mass is 240 g/mol. The van der Waals surface area contributed by atoms with Gasteiger partial charge in [-0.1, -0.05) is 34.1 Å². The zero-order valence-corrected chi connectivity index (χ0v) is 9.00. The third kappa shape index (κ3) is 1.94. The van der Waals surface area contributed by atoms with Crippen molar-refractivity contribution in [2.75, 3.05) is 0 Å². The van der Waals surface area contributed by atoms with Gasteiger partial charge in [-0.15, -0.1) is 0 Å². The average molecular weight is 241 g/mol. The van der Waals surface area contributed by atoms with E-state index in [2.05, 4.69) is 28.1 Å². The molecule has 2 rings (SSSR count). The standard InChI is InChI=1S/C11H13BrO/c12-10-4-2-1-3-8(10)7-9-5-6-11(9)13/h1-4,9,11,13H,5-7H2. The van der Waals surface area contributed by atoms with E-state index in [1.165, 1.54) is 12.0 Å². The number of hydrogen-bond acceptors (Lipinski definition) is 1. The van der Waals surface area contributed by atoms with E-state index in [-0.39, 0.29) is 6.10 Å². The number of hydrogen-bond donors (Lipinski definition) is 1. The molecule has 0 heterocycles. The van der Waals surface area contributed by atoms with Crippen molar-refractivity contribution in [3.05, 3.63) is 34.3 Å². The lowest BCUT2D eigenvalue weighted by molar-refractivity contribution is 0.0243. The predicted molar refractivity (Wildman–Crippen MR) is 56.6 cm³/mol. The number of benzene rings is 1. The predicted octanol–water partition coefficient (Wildman–Crippen LogP) is 2.76. The van der Waals surface area contributed by atoms with Gasteiger partial charge in [-0.05, 0) is 36.8 Å². The molecule has 1 saturated carbocycles. The Morgan fingerprint density at radius 3 is 2.62 bits per heavy atom. The summed E-state index contributed by atoms with van der Waals surface area (Å²) in [5.74, 6) is 0.485. The largest absolute Gasteiger partial charge is 0.393 e. The first-order valence-corrected chi connectivity index (χ1v) is 5.48. The van der Waals surface area contributed by atoms with Gasteiger partial charge in [0.2, 0.25) is 0 Å². The molecule has 0 amide bonds. The molecule has 2 heteroatoms. The first-order valence-electron chi connectivity index (χ1n) is 4.69. The van der Waals surface area contributed by atoms with E-state index < -0.39 is 0 Å². The van der Waals surface area contributed by atoms with Crippen LogP contribution in [-0.4, -0.2) is 11.2 Å². The molecule has 2 unspecified atom stereocenters. The lowest BCUT2D eigenvalue weighted by atomic mass is 9.78. The highest BCUT2D eigenvalue weighted by Crippen LogP contribution is 2.32. The summed E-state index contributed by atoms with van der Waals surface area (Å²) < 4.78 is 1.16. The Hall–Kier alpha value is -0.340. The lowest BCUT2D eigenvalue weighted by Crippen LogP contribution is -2.32. The van der Waals surface area contributed by atoms with Gasteiger partial charge in [0, 0.05) is 4.47 Å².